The number of nitrogens with zero attached hydrogens (tertiary/aromatic N) is 4. The van der Waals surface area contributed by atoms with E-state index in [0.29, 0.717) is 18.7 Å². The van der Waals surface area contributed by atoms with E-state index in [1.54, 1.807) is 11.0 Å². The van der Waals surface area contributed by atoms with Crippen LogP contribution in [0.1, 0.15) is 23.2 Å². The lowest BCUT2D eigenvalue weighted by Gasteiger charge is -2.32. The van der Waals surface area contributed by atoms with Crippen LogP contribution in [0.4, 0.5) is 4.39 Å². The monoisotopic (exact) mass is 302 g/mol. The molecule has 0 aromatic carbocycles. The van der Waals surface area contributed by atoms with E-state index in [9.17, 15) is 9.18 Å². The van der Waals surface area contributed by atoms with Crippen molar-refractivity contribution in [2.24, 2.45) is 0 Å². The van der Waals surface area contributed by atoms with Crippen LogP contribution in [0.2, 0.25) is 0 Å². The Morgan fingerprint density at radius 3 is 3.00 bits per heavy atom. The third kappa shape index (κ3) is 3.19. The summed E-state index contributed by atoms with van der Waals surface area (Å²) >= 11 is 0. The van der Waals surface area contributed by atoms with Crippen LogP contribution in [0.15, 0.2) is 36.8 Å². The number of halogens is 1. The highest BCUT2D eigenvalue weighted by Gasteiger charge is 2.26. The Hall–Kier alpha value is -2.57. The van der Waals surface area contributed by atoms with Gasteiger partial charge in [0.1, 0.15) is 6.10 Å². The van der Waals surface area contributed by atoms with Crippen LogP contribution < -0.4 is 4.74 Å². The van der Waals surface area contributed by atoms with E-state index in [4.69, 9.17) is 4.74 Å². The highest BCUT2D eigenvalue weighted by atomic mass is 19.1. The second-order valence-electron chi connectivity index (χ2n) is 5.05. The van der Waals surface area contributed by atoms with Gasteiger partial charge in [-0.1, -0.05) is 0 Å². The molecule has 1 amide bonds. The van der Waals surface area contributed by atoms with Crippen LogP contribution in [0, 0.1) is 5.82 Å². The van der Waals surface area contributed by atoms with Crippen molar-refractivity contribution in [1.82, 2.24) is 20.1 Å². The maximum Gasteiger partial charge on any atom is 0.255 e. The van der Waals surface area contributed by atoms with Gasteiger partial charge in [-0.3, -0.25) is 4.79 Å². The van der Waals surface area contributed by atoms with Crippen LogP contribution in [-0.2, 0) is 0 Å². The molecule has 1 aliphatic heterocycles. The van der Waals surface area contributed by atoms with Crippen molar-refractivity contribution in [3.63, 3.8) is 0 Å². The molecule has 2 aromatic heterocycles. The largest absolute Gasteiger partial charge is 0.470 e. The smallest absolute Gasteiger partial charge is 0.255 e. The first-order valence-corrected chi connectivity index (χ1v) is 7.07. The van der Waals surface area contributed by atoms with Crippen LogP contribution in [0.25, 0.3) is 0 Å². The molecule has 1 unspecified atom stereocenters. The first kappa shape index (κ1) is 14.4. The molecule has 1 saturated heterocycles. The topological polar surface area (TPSA) is 68.2 Å². The molecule has 0 radical (unpaired) electrons. The van der Waals surface area contributed by atoms with E-state index in [1.807, 2.05) is 0 Å². The van der Waals surface area contributed by atoms with Gasteiger partial charge >= 0.3 is 0 Å². The Kier molecular flexibility index (Phi) is 4.22. The molecule has 0 N–H and O–H groups in total. The van der Waals surface area contributed by atoms with Gasteiger partial charge < -0.3 is 9.64 Å². The van der Waals surface area contributed by atoms with Crippen LogP contribution in [-0.4, -0.2) is 45.2 Å². The number of carbonyl (C=O) groups is 1. The number of amides is 1. The number of ether oxygens (including phenoxy) is 1. The zero-order chi connectivity index (χ0) is 15.4. The maximum atomic E-state index is 13.6. The van der Waals surface area contributed by atoms with Crippen LogP contribution in [0.5, 0.6) is 5.88 Å². The molecule has 114 valence electrons. The van der Waals surface area contributed by atoms with Crippen molar-refractivity contribution < 1.29 is 13.9 Å². The van der Waals surface area contributed by atoms with Crippen molar-refractivity contribution >= 4 is 5.91 Å². The summed E-state index contributed by atoms with van der Waals surface area (Å²) in [5.74, 6) is -0.638. The molecule has 0 spiro atoms. The minimum Gasteiger partial charge on any atom is -0.470 e. The van der Waals surface area contributed by atoms with Gasteiger partial charge in [-0.25, -0.2) is 9.37 Å². The zero-order valence-corrected chi connectivity index (χ0v) is 11.9. The summed E-state index contributed by atoms with van der Waals surface area (Å²) in [7, 11) is 0. The van der Waals surface area contributed by atoms with Gasteiger partial charge in [-0.2, -0.15) is 10.2 Å². The fourth-order valence-corrected chi connectivity index (χ4v) is 2.43. The van der Waals surface area contributed by atoms with Gasteiger partial charge in [0.15, 0.2) is 5.82 Å². The SMILES string of the molecule is O=C(c1ccnnc1)N1CCCC(Oc2ncccc2F)C1. The molecule has 2 aromatic rings. The number of hydrogen-bond donors (Lipinski definition) is 0. The second-order valence-corrected chi connectivity index (χ2v) is 5.05. The number of likely N-dealkylation sites (tertiary alicyclic amines) is 1. The van der Waals surface area contributed by atoms with Gasteiger partial charge in [0.25, 0.3) is 11.8 Å². The van der Waals surface area contributed by atoms with Gasteiger partial charge in [-0.05, 0) is 31.0 Å². The number of piperidine rings is 1. The van der Waals surface area contributed by atoms with E-state index >= 15 is 0 Å². The molecule has 0 saturated carbocycles. The zero-order valence-electron chi connectivity index (χ0n) is 11.9. The maximum absolute atomic E-state index is 13.6. The highest BCUT2D eigenvalue weighted by Crippen LogP contribution is 2.20. The molecule has 3 rings (SSSR count). The third-order valence-electron chi connectivity index (χ3n) is 3.50. The van der Waals surface area contributed by atoms with Gasteiger partial charge in [0.2, 0.25) is 0 Å². The number of aromatic nitrogens is 3. The molecule has 0 bridgehead atoms. The number of carbonyl (C=O) groups excluding carboxylic acids is 1. The summed E-state index contributed by atoms with van der Waals surface area (Å²) in [4.78, 5) is 17.9. The Bertz CT molecular complexity index is 653. The predicted octanol–water partition coefficient (Wildman–Crippen LogP) is 1.69. The third-order valence-corrected chi connectivity index (χ3v) is 3.50. The molecule has 0 aliphatic carbocycles. The lowest BCUT2D eigenvalue weighted by atomic mass is 10.1. The Balaban J connectivity index is 1.67. The summed E-state index contributed by atoms with van der Waals surface area (Å²) in [5.41, 5.74) is 0.486. The quantitative estimate of drug-likeness (QED) is 0.863. The first-order valence-electron chi connectivity index (χ1n) is 7.07. The molecule has 1 fully saturated rings. The predicted molar refractivity (Wildman–Crippen MR) is 75.8 cm³/mol. The van der Waals surface area contributed by atoms with Gasteiger partial charge in [-0.15, -0.1) is 0 Å². The number of rotatable bonds is 3. The molecule has 22 heavy (non-hydrogen) atoms. The lowest BCUT2D eigenvalue weighted by Crippen LogP contribution is -2.44. The molecular formula is C15H15FN4O2. The Morgan fingerprint density at radius 2 is 2.23 bits per heavy atom. The van der Waals surface area contributed by atoms with Crippen molar-refractivity contribution in [3.8, 4) is 5.88 Å². The Labute approximate surface area is 127 Å². The summed E-state index contributed by atoms with van der Waals surface area (Å²) in [6.07, 6.45) is 5.68. The van der Waals surface area contributed by atoms with E-state index in [2.05, 4.69) is 15.2 Å². The lowest BCUT2D eigenvalue weighted by molar-refractivity contribution is 0.0517. The second kappa shape index (κ2) is 6.46. The fourth-order valence-electron chi connectivity index (χ4n) is 2.43. The van der Waals surface area contributed by atoms with Crippen LogP contribution >= 0.6 is 0 Å². The van der Waals surface area contributed by atoms with Gasteiger partial charge in [0.05, 0.1) is 24.5 Å². The Morgan fingerprint density at radius 1 is 1.32 bits per heavy atom. The molecule has 3 heterocycles. The first-order chi connectivity index (χ1) is 10.7. The van der Waals surface area contributed by atoms with Crippen molar-refractivity contribution in [3.05, 3.63) is 48.2 Å². The van der Waals surface area contributed by atoms with Crippen molar-refractivity contribution in [2.45, 2.75) is 18.9 Å². The van der Waals surface area contributed by atoms with Gasteiger partial charge in [0, 0.05) is 12.7 Å². The summed E-state index contributed by atoms with van der Waals surface area (Å²) in [6.45, 7) is 1.04. The summed E-state index contributed by atoms with van der Waals surface area (Å²) in [5, 5.41) is 7.37. The fraction of sp³-hybridized carbons (Fsp3) is 0.333. The van der Waals surface area contributed by atoms with E-state index in [-0.39, 0.29) is 17.9 Å². The average Bonchev–Trinajstić information content (AvgIpc) is 2.57. The highest BCUT2D eigenvalue weighted by molar-refractivity contribution is 5.93. The molecule has 6 nitrogen and oxygen atoms in total. The van der Waals surface area contributed by atoms with Crippen molar-refractivity contribution in [2.75, 3.05) is 13.1 Å². The minimum atomic E-state index is -0.496. The van der Waals surface area contributed by atoms with Crippen LogP contribution in [0.3, 0.4) is 0 Å². The summed E-state index contributed by atoms with van der Waals surface area (Å²) in [6, 6.07) is 4.43. The minimum absolute atomic E-state index is 0.0209. The van der Waals surface area contributed by atoms with Crippen molar-refractivity contribution in [1.29, 1.82) is 0 Å². The number of hydrogen-bond acceptors (Lipinski definition) is 5. The summed E-state index contributed by atoms with van der Waals surface area (Å²) < 4.78 is 19.2. The van der Waals surface area contributed by atoms with E-state index < -0.39 is 5.82 Å². The standard InChI is InChI=1S/C15H15FN4O2/c16-13-4-1-6-17-14(13)22-12-3-2-8-20(10-12)15(21)11-5-7-18-19-9-11/h1,4-7,9,12H,2-3,8,10H2. The average molecular weight is 302 g/mol. The molecular weight excluding hydrogens is 287 g/mol. The molecule has 1 aliphatic rings. The molecule has 1 atom stereocenters. The van der Waals surface area contributed by atoms with E-state index in [0.717, 1.165) is 12.8 Å². The van der Waals surface area contributed by atoms with E-state index in [1.165, 1.54) is 30.7 Å². The number of pyridine rings is 1. The molecule has 7 heteroatoms. The normalized spacial score (nSPS) is 18.0.